The molecule has 11 nitrogen and oxygen atoms in total. The van der Waals surface area contributed by atoms with Crippen molar-refractivity contribution in [1.82, 2.24) is 0 Å². The normalized spacial score (nSPS) is 11.0. The molecular weight excluding hydrogens is 857 g/mol. The molecule has 0 aliphatic carbocycles. The van der Waals surface area contributed by atoms with Gasteiger partial charge in [0.1, 0.15) is 33.0 Å². The third kappa shape index (κ3) is 13.3. The first-order chi connectivity index (χ1) is 30.3. The van der Waals surface area contributed by atoms with Gasteiger partial charge in [-0.2, -0.15) is 0 Å². The van der Waals surface area contributed by atoms with E-state index < -0.39 is 29.2 Å². The maximum Gasteiger partial charge on any atom is 0.323 e. The zero-order chi connectivity index (χ0) is 44.9. The van der Waals surface area contributed by atoms with Gasteiger partial charge in [-0.1, -0.05) is 64.1 Å². The number of thiophene rings is 2. The number of rotatable bonds is 20. The van der Waals surface area contributed by atoms with Crippen LogP contribution in [0.25, 0.3) is 0 Å². The zero-order valence-corrected chi connectivity index (χ0v) is 37.6. The lowest BCUT2D eigenvalue weighted by atomic mass is 9.85. The maximum atomic E-state index is 13.6. The van der Waals surface area contributed by atoms with Gasteiger partial charge in [-0.3, -0.25) is 28.8 Å². The lowest BCUT2D eigenvalue weighted by Crippen LogP contribution is -2.27. The predicted octanol–water partition coefficient (Wildman–Crippen LogP) is 11.2. The summed E-state index contributed by atoms with van der Waals surface area (Å²) in [5.41, 5.74) is 0.686. The summed E-state index contributed by atoms with van der Waals surface area (Å²) in [6.07, 6.45) is 1.01. The second-order valence-electron chi connectivity index (χ2n) is 15.1. The van der Waals surface area contributed by atoms with Crippen LogP contribution >= 0.6 is 34.4 Å². The fourth-order valence-electron chi connectivity index (χ4n) is 6.31. The molecule has 0 fully saturated rings. The van der Waals surface area contributed by atoms with E-state index >= 15 is 0 Å². The average molecular weight is 903 g/mol. The molecule has 6 rings (SSSR count). The van der Waals surface area contributed by atoms with Crippen LogP contribution in [0.4, 0.5) is 10.0 Å². The van der Waals surface area contributed by atoms with Crippen LogP contribution in [-0.2, 0) is 36.8 Å². The van der Waals surface area contributed by atoms with Crippen molar-refractivity contribution in [1.29, 1.82) is 0 Å². The number of carbonyl (C=O) groups excluding carboxylic acids is 6. The monoisotopic (exact) mass is 902 g/mol. The van der Waals surface area contributed by atoms with Crippen molar-refractivity contribution in [3.05, 3.63) is 153 Å². The molecule has 2 amide bonds. The molecule has 0 aliphatic rings. The summed E-state index contributed by atoms with van der Waals surface area (Å²) < 4.78 is 16.7. The quantitative estimate of drug-likeness (QED) is 0.0430. The molecule has 0 radical (unpaired) electrons. The van der Waals surface area contributed by atoms with Gasteiger partial charge >= 0.3 is 11.9 Å². The smallest absolute Gasteiger partial charge is 0.323 e. The molecule has 0 unspecified atom stereocenters. The molecule has 6 aromatic rings. The number of aryl methyl sites for hydroxylation is 2. The van der Waals surface area contributed by atoms with Gasteiger partial charge in [0.2, 0.25) is 11.8 Å². The maximum absolute atomic E-state index is 13.6. The van der Waals surface area contributed by atoms with Crippen LogP contribution in [0.5, 0.6) is 23.0 Å². The van der Waals surface area contributed by atoms with Crippen molar-refractivity contribution in [2.75, 3.05) is 22.1 Å². The summed E-state index contributed by atoms with van der Waals surface area (Å²) in [5, 5.41) is 6.49. The Bertz CT molecular complexity index is 2570. The highest BCUT2D eigenvalue weighted by Gasteiger charge is 2.29. The summed E-state index contributed by atoms with van der Waals surface area (Å²) in [4.78, 5) is 80.6. The van der Waals surface area contributed by atoms with Crippen LogP contribution < -0.4 is 20.1 Å². The number of amides is 2. The van der Waals surface area contributed by atoms with Crippen molar-refractivity contribution in [2.45, 2.75) is 53.4 Å². The van der Waals surface area contributed by atoms with Crippen LogP contribution in [0.3, 0.4) is 0 Å². The Labute approximate surface area is 378 Å². The summed E-state index contributed by atoms with van der Waals surface area (Å²) in [6, 6.07) is 35.7. The van der Waals surface area contributed by atoms with Crippen molar-refractivity contribution in [3.63, 3.8) is 0 Å². The van der Waals surface area contributed by atoms with E-state index in [-0.39, 0.29) is 35.9 Å². The van der Waals surface area contributed by atoms with Gasteiger partial charge in [-0.25, -0.2) is 0 Å². The highest BCUT2D eigenvalue weighted by atomic mass is 32.2. The van der Waals surface area contributed by atoms with E-state index in [0.29, 0.717) is 68.1 Å². The first-order valence-electron chi connectivity index (χ1n) is 20.2. The number of ether oxygens (including phenoxy) is 3. The molecule has 63 heavy (non-hydrogen) atoms. The Hall–Kier alpha value is -6.35. The van der Waals surface area contributed by atoms with E-state index in [2.05, 4.69) is 10.6 Å². The molecule has 0 aliphatic heterocycles. The summed E-state index contributed by atoms with van der Waals surface area (Å²) in [7, 11) is 0. The van der Waals surface area contributed by atoms with Gasteiger partial charge < -0.3 is 24.8 Å². The Morgan fingerprint density at radius 2 is 0.968 bits per heavy atom. The number of carbonyl (C=O) groups is 6. The van der Waals surface area contributed by atoms with Gasteiger partial charge in [-0.15, -0.1) is 34.4 Å². The van der Waals surface area contributed by atoms with E-state index in [1.165, 1.54) is 22.7 Å². The van der Waals surface area contributed by atoms with E-state index in [9.17, 15) is 28.8 Å². The van der Waals surface area contributed by atoms with Crippen LogP contribution in [-0.4, -0.2) is 46.8 Å². The van der Waals surface area contributed by atoms with E-state index in [4.69, 9.17) is 14.2 Å². The Morgan fingerprint density at radius 1 is 0.540 bits per heavy atom. The van der Waals surface area contributed by atoms with Gasteiger partial charge in [-0.05, 0) is 103 Å². The van der Waals surface area contributed by atoms with E-state index in [1.54, 1.807) is 74.5 Å². The molecule has 2 heterocycles. The minimum atomic E-state index is -0.900. The lowest BCUT2D eigenvalue weighted by Gasteiger charge is -2.22. The Kier molecular flexibility index (Phi) is 15.9. The predicted molar refractivity (Wildman–Crippen MR) is 249 cm³/mol. The molecule has 0 saturated carbocycles. The van der Waals surface area contributed by atoms with Crippen LogP contribution in [0.15, 0.2) is 121 Å². The lowest BCUT2D eigenvalue weighted by molar-refractivity contribution is -0.159. The zero-order valence-electron chi connectivity index (χ0n) is 35.2. The molecular formula is C49H46N2O9S3. The van der Waals surface area contributed by atoms with Gasteiger partial charge in [0.05, 0.1) is 29.1 Å². The molecule has 2 aromatic heterocycles. The molecule has 324 valence electrons. The average Bonchev–Trinajstić information content (AvgIpc) is 3.87. The summed E-state index contributed by atoms with van der Waals surface area (Å²) >= 11 is 3.58. The largest absolute Gasteiger partial charge is 0.457 e. The number of para-hydroxylation sites is 2. The van der Waals surface area contributed by atoms with Crippen molar-refractivity contribution in [3.8, 4) is 23.0 Å². The van der Waals surface area contributed by atoms with Gasteiger partial charge in [0, 0.05) is 27.3 Å². The molecule has 0 atom stereocenters. The first-order valence-corrected chi connectivity index (χ1v) is 23.0. The fraction of sp³-hybridized carbons (Fsp3) is 0.224. The number of ketones is 2. The highest BCUT2D eigenvalue weighted by molar-refractivity contribution is 8.00. The second kappa shape index (κ2) is 21.6. The Balaban J connectivity index is 0.952. The third-order valence-corrected chi connectivity index (χ3v) is 12.7. The van der Waals surface area contributed by atoms with Crippen molar-refractivity contribution < 1.29 is 43.0 Å². The third-order valence-electron chi connectivity index (χ3n) is 9.39. The number of thioether (sulfide) groups is 1. The standard InChI is InChI=1S/C49H46N2O9S3/c1-5-37-25-39(45(56)31-17-21-35(22-18-31)58-33-13-9-7-10-14-33)47(62-37)50-41(52)27-49(3,4)28-43(54)60-44(55)30-61-29-42(53)51-48-40(26-38(6-2)63-48)46(57)32-19-23-36(24-20-32)59-34-15-11-8-12-16-34/h7-26H,5-6,27-30H2,1-4H3,(H,50,52)(H,51,53). The molecule has 0 spiro atoms. The number of hydrogen-bond donors (Lipinski definition) is 2. The number of anilines is 2. The van der Waals surface area contributed by atoms with Crippen molar-refractivity contribution in [2.24, 2.45) is 5.41 Å². The number of nitrogens with one attached hydrogen (secondary N) is 2. The van der Waals surface area contributed by atoms with E-state index in [0.717, 1.165) is 21.5 Å². The SMILES string of the molecule is CCc1cc(C(=O)c2ccc(Oc3ccccc3)cc2)c(NC(=O)CSCC(=O)OC(=O)CC(C)(C)CC(=O)Nc2sc(CC)cc2C(=O)c2ccc(Oc3ccccc3)cc2)s1. The highest BCUT2D eigenvalue weighted by Crippen LogP contribution is 2.34. The molecule has 0 bridgehead atoms. The van der Waals surface area contributed by atoms with E-state index in [1.807, 2.05) is 74.5 Å². The van der Waals surface area contributed by atoms with Crippen molar-refractivity contribution >= 4 is 79.8 Å². The molecule has 0 saturated heterocycles. The minimum Gasteiger partial charge on any atom is -0.457 e. The Morgan fingerprint density at radius 3 is 1.41 bits per heavy atom. The number of esters is 2. The second-order valence-corrected chi connectivity index (χ2v) is 18.4. The van der Waals surface area contributed by atoms with Crippen LogP contribution in [0, 0.1) is 5.41 Å². The summed E-state index contributed by atoms with van der Waals surface area (Å²) in [5.74, 6) is -0.881. The number of benzene rings is 4. The fourth-order valence-corrected chi connectivity index (χ4v) is 8.91. The van der Waals surface area contributed by atoms with Gasteiger partial charge in [0.25, 0.3) is 0 Å². The first kappa shape index (κ1) is 46.2. The topological polar surface area (TPSA) is 154 Å². The van der Waals surface area contributed by atoms with Crippen LogP contribution in [0.1, 0.15) is 82.1 Å². The minimum absolute atomic E-state index is 0.0926. The number of hydrogen-bond acceptors (Lipinski definition) is 12. The molecule has 14 heteroatoms. The van der Waals surface area contributed by atoms with Crippen LogP contribution in [0.2, 0.25) is 0 Å². The summed E-state index contributed by atoms with van der Waals surface area (Å²) in [6.45, 7) is 7.33. The van der Waals surface area contributed by atoms with Gasteiger partial charge in [0.15, 0.2) is 11.6 Å². The molecule has 4 aromatic carbocycles. The molecule has 2 N–H and O–H groups in total.